The number of hydrogen-bond donors (Lipinski definition) is 1. The lowest BCUT2D eigenvalue weighted by molar-refractivity contribution is 0.402. The van der Waals surface area contributed by atoms with Crippen molar-refractivity contribution in [1.82, 2.24) is 19.3 Å². The first-order chi connectivity index (χ1) is 16.1. The van der Waals surface area contributed by atoms with Crippen LogP contribution in [0.15, 0.2) is 39.4 Å². The molecule has 0 aromatic carbocycles. The van der Waals surface area contributed by atoms with Gasteiger partial charge in [0.2, 0.25) is 5.88 Å². The highest BCUT2D eigenvalue weighted by molar-refractivity contribution is 5.60. The van der Waals surface area contributed by atoms with E-state index in [0.717, 1.165) is 11.0 Å². The molecule has 3 aromatic rings. The number of aromatic nitrogens is 4. The molecule has 0 amide bonds. The molecule has 0 aliphatic carbocycles. The van der Waals surface area contributed by atoms with E-state index >= 15 is 0 Å². The Labute approximate surface area is 197 Å². The third kappa shape index (κ3) is 4.44. The highest BCUT2D eigenvalue weighted by Crippen LogP contribution is 2.36. The van der Waals surface area contributed by atoms with Crippen molar-refractivity contribution in [1.29, 1.82) is 10.5 Å². The molecule has 0 saturated carbocycles. The minimum atomic E-state index is -0.573. The predicted molar refractivity (Wildman–Crippen MR) is 126 cm³/mol. The lowest BCUT2D eigenvalue weighted by atomic mass is 9.90. The SMILES string of the molecule is CCCCn1c(O)c(N=Nc2c(C#N)c(C(C)(C)C)nn2-c2ccccn2)c(C)c(C#N)c1=O. The molecule has 34 heavy (non-hydrogen) atoms. The third-order valence-electron chi connectivity index (χ3n) is 5.30. The molecule has 0 aliphatic rings. The molecule has 174 valence electrons. The Morgan fingerprint density at radius 1 is 1.15 bits per heavy atom. The van der Waals surface area contributed by atoms with Gasteiger partial charge in [-0.2, -0.15) is 20.3 Å². The maximum atomic E-state index is 12.7. The molecule has 1 N–H and O–H groups in total. The molecule has 0 unspecified atom stereocenters. The van der Waals surface area contributed by atoms with Gasteiger partial charge in [0.1, 0.15) is 23.3 Å². The summed E-state index contributed by atoms with van der Waals surface area (Å²) in [5, 5.41) is 43.4. The first kappa shape index (κ1) is 24.3. The first-order valence-electron chi connectivity index (χ1n) is 10.9. The van der Waals surface area contributed by atoms with E-state index in [-0.39, 0.29) is 40.6 Å². The van der Waals surface area contributed by atoms with Gasteiger partial charge in [-0.1, -0.05) is 40.2 Å². The quantitative estimate of drug-likeness (QED) is 0.530. The molecular weight excluding hydrogens is 432 g/mol. The molecule has 0 spiro atoms. The summed E-state index contributed by atoms with van der Waals surface area (Å²) in [5.41, 5.74) is -0.218. The van der Waals surface area contributed by atoms with Crippen LogP contribution in [0.5, 0.6) is 5.88 Å². The van der Waals surface area contributed by atoms with Crippen molar-refractivity contribution in [2.75, 3.05) is 0 Å². The minimum Gasteiger partial charge on any atom is -0.493 e. The predicted octanol–water partition coefficient (Wildman–Crippen LogP) is 4.70. The maximum absolute atomic E-state index is 12.7. The van der Waals surface area contributed by atoms with Crippen LogP contribution < -0.4 is 5.56 Å². The Kier molecular flexibility index (Phi) is 6.92. The first-order valence-corrected chi connectivity index (χ1v) is 10.9. The standard InChI is InChI=1S/C24H26N8O2/c1-6-7-12-31-22(33)16(13-25)15(2)19(23(31)34)28-29-21-17(14-26)20(24(3,4)5)30-32(21)18-10-8-9-11-27-18/h8-11,34H,6-7,12H2,1-5H3. The smallest absolute Gasteiger partial charge is 0.271 e. The van der Waals surface area contributed by atoms with E-state index in [9.17, 15) is 20.4 Å². The monoisotopic (exact) mass is 458 g/mol. The zero-order chi connectivity index (χ0) is 25.0. The molecule has 0 radical (unpaired) electrons. The van der Waals surface area contributed by atoms with Crippen molar-refractivity contribution in [3.05, 3.63) is 57.1 Å². The van der Waals surface area contributed by atoms with Gasteiger partial charge in [0.05, 0.1) is 5.69 Å². The average molecular weight is 459 g/mol. The summed E-state index contributed by atoms with van der Waals surface area (Å²) >= 11 is 0. The van der Waals surface area contributed by atoms with Crippen molar-refractivity contribution in [3.63, 3.8) is 0 Å². The van der Waals surface area contributed by atoms with E-state index in [1.54, 1.807) is 24.4 Å². The van der Waals surface area contributed by atoms with Crippen LogP contribution in [0, 0.1) is 29.6 Å². The summed E-state index contributed by atoms with van der Waals surface area (Å²) in [6.45, 7) is 9.51. The fraction of sp³-hybridized carbons (Fsp3) is 0.375. The number of azo groups is 1. The van der Waals surface area contributed by atoms with Gasteiger partial charge in [0.25, 0.3) is 5.56 Å². The molecule has 3 heterocycles. The van der Waals surface area contributed by atoms with Gasteiger partial charge in [0, 0.05) is 23.7 Å². The number of rotatable bonds is 6. The Morgan fingerprint density at radius 3 is 2.41 bits per heavy atom. The van der Waals surface area contributed by atoms with Crippen LogP contribution in [0.4, 0.5) is 11.5 Å². The molecule has 3 aromatic heterocycles. The van der Waals surface area contributed by atoms with Gasteiger partial charge in [-0.3, -0.25) is 9.36 Å². The number of nitrogens with zero attached hydrogens (tertiary/aromatic N) is 8. The van der Waals surface area contributed by atoms with Crippen LogP contribution in [0.2, 0.25) is 0 Å². The fourth-order valence-electron chi connectivity index (χ4n) is 3.45. The Bertz CT molecular complexity index is 1380. The summed E-state index contributed by atoms with van der Waals surface area (Å²) in [5.74, 6) is 0.196. The number of pyridine rings is 2. The molecule has 0 bridgehead atoms. The largest absolute Gasteiger partial charge is 0.493 e. The van der Waals surface area contributed by atoms with E-state index in [4.69, 9.17) is 0 Å². The van der Waals surface area contributed by atoms with Crippen LogP contribution in [0.1, 0.15) is 62.9 Å². The lowest BCUT2D eigenvalue weighted by Crippen LogP contribution is -2.23. The molecular formula is C24H26N8O2. The summed E-state index contributed by atoms with van der Waals surface area (Å²) in [6, 6.07) is 9.33. The number of nitriles is 2. The highest BCUT2D eigenvalue weighted by Gasteiger charge is 2.28. The van der Waals surface area contributed by atoms with Crippen molar-refractivity contribution >= 4 is 11.5 Å². The van der Waals surface area contributed by atoms with E-state index in [0.29, 0.717) is 17.9 Å². The number of unbranched alkanes of at least 4 members (excludes halogenated alkanes) is 1. The second-order valence-corrected chi connectivity index (χ2v) is 8.80. The second-order valence-electron chi connectivity index (χ2n) is 8.80. The Hall–Kier alpha value is -4.31. The van der Waals surface area contributed by atoms with Crippen LogP contribution in [-0.2, 0) is 12.0 Å². The van der Waals surface area contributed by atoms with Crippen LogP contribution in [0.3, 0.4) is 0 Å². The van der Waals surface area contributed by atoms with Crippen molar-refractivity contribution in [2.45, 2.75) is 59.4 Å². The molecule has 3 rings (SSSR count). The summed E-state index contributed by atoms with van der Waals surface area (Å²) in [6.07, 6.45) is 3.03. The van der Waals surface area contributed by atoms with Crippen LogP contribution >= 0.6 is 0 Å². The normalized spacial score (nSPS) is 11.5. The number of hydrogen-bond acceptors (Lipinski definition) is 8. The van der Waals surface area contributed by atoms with E-state index in [1.165, 1.54) is 11.6 Å². The Morgan fingerprint density at radius 2 is 1.85 bits per heavy atom. The van der Waals surface area contributed by atoms with Crippen molar-refractivity contribution in [3.8, 4) is 23.8 Å². The van der Waals surface area contributed by atoms with Gasteiger partial charge < -0.3 is 5.11 Å². The molecule has 0 aliphatic heterocycles. The molecule has 0 saturated heterocycles. The topological polar surface area (TPSA) is 145 Å². The molecule has 0 fully saturated rings. The van der Waals surface area contributed by atoms with Gasteiger partial charge in [-0.25, -0.2) is 4.98 Å². The fourth-order valence-corrected chi connectivity index (χ4v) is 3.45. The average Bonchev–Trinajstić information content (AvgIpc) is 3.19. The third-order valence-corrected chi connectivity index (χ3v) is 5.30. The van der Waals surface area contributed by atoms with Crippen LogP contribution in [-0.4, -0.2) is 24.4 Å². The maximum Gasteiger partial charge on any atom is 0.271 e. The van der Waals surface area contributed by atoms with Gasteiger partial charge in [-0.15, -0.1) is 10.2 Å². The molecule has 0 atom stereocenters. The zero-order valence-corrected chi connectivity index (χ0v) is 19.9. The van der Waals surface area contributed by atoms with Gasteiger partial charge in [-0.05, 0) is 25.5 Å². The molecule has 10 nitrogen and oxygen atoms in total. The lowest BCUT2D eigenvalue weighted by Gasteiger charge is -2.14. The van der Waals surface area contributed by atoms with E-state index < -0.39 is 11.0 Å². The summed E-state index contributed by atoms with van der Waals surface area (Å²) < 4.78 is 2.55. The van der Waals surface area contributed by atoms with Gasteiger partial charge in [0.15, 0.2) is 17.3 Å². The van der Waals surface area contributed by atoms with Crippen molar-refractivity contribution < 1.29 is 5.11 Å². The van der Waals surface area contributed by atoms with Crippen LogP contribution in [0.25, 0.3) is 5.82 Å². The van der Waals surface area contributed by atoms with E-state index in [1.807, 2.05) is 33.8 Å². The van der Waals surface area contributed by atoms with Crippen molar-refractivity contribution in [2.24, 2.45) is 10.2 Å². The molecule has 10 heteroatoms. The minimum absolute atomic E-state index is 0.0118. The zero-order valence-electron chi connectivity index (χ0n) is 19.9. The van der Waals surface area contributed by atoms with Gasteiger partial charge >= 0.3 is 0 Å². The highest BCUT2D eigenvalue weighted by atomic mass is 16.3. The second kappa shape index (κ2) is 9.67. The Balaban J connectivity index is 2.28. The van der Waals surface area contributed by atoms with E-state index in [2.05, 4.69) is 26.4 Å². The summed E-state index contributed by atoms with van der Waals surface area (Å²) in [7, 11) is 0. The summed E-state index contributed by atoms with van der Waals surface area (Å²) in [4.78, 5) is 17.0. The number of aromatic hydroxyl groups is 1.